The van der Waals surface area contributed by atoms with Crippen molar-refractivity contribution in [2.24, 2.45) is 0 Å². The third-order valence-corrected chi connectivity index (χ3v) is 4.56. The predicted molar refractivity (Wildman–Crippen MR) is 93.0 cm³/mol. The molecule has 1 fully saturated rings. The van der Waals surface area contributed by atoms with Gasteiger partial charge < -0.3 is 9.64 Å². The van der Waals surface area contributed by atoms with Crippen molar-refractivity contribution in [1.82, 2.24) is 4.90 Å². The Morgan fingerprint density at radius 2 is 1.73 bits per heavy atom. The summed E-state index contributed by atoms with van der Waals surface area (Å²) >= 11 is 0. The van der Waals surface area contributed by atoms with Crippen LogP contribution in [-0.4, -0.2) is 36.6 Å². The number of ether oxygens (including phenoxy) is 1. The summed E-state index contributed by atoms with van der Waals surface area (Å²) in [5.74, 6) is -0.253. The smallest absolute Gasteiger partial charge is 0.333 e. The number of likely N-dealkylation sites (tertiary alicyclic amines) is 1. The number of nitrogens with zero attached hydrogens (tertiary/aromatic N) is 1. The van der Waals surface area contributed by atoms with E-state index in [9.17, 15) is 4.79 Å². The monoisotopic (exact) mass is 309 g/mol. The van der Waals surface area contributed by atoms with Gasteiger partial charge in [0.05, 0.1) is 6.61 Å². The minimum Gasteiger partial charge on any atom is -0.462 e. The van der Waals surface area contributed by atoms with E-state index in [0.717, 1.165) is 12.8 Å². The van der Waals surface area contributed by atoms with Crippen LogP contribution in [-0.2, 0) is 9.53 Å². The molecule has 0 spiro atoms. The van der Waals surface area contributed by atoms with Crippen LogP contribution in [0, 0.1) is 0 Å². The van der Waals surface area contributed by atoms with Gasteiger partial charge in [-0.25, -0.2) is 4.79 Å². The molecule has 0 aliphatic carbocycles. The molecule has 128 valence electrons. The maximum absolute atomic E-state index is 11.4. The predicted octanol–water partition coefficient (Wildman–Crippen LogP) is 4.71. The summed E-state index contributed by atoms with van der Waals surface area (Å²) in [6.45, 7) is 10.6. The van der Waals surface area contributed by atoms with Crippen molar-refractivity contribution in [2.75, 3.05) is 19.7 Å². The van der Waals surface area contributed by atoms with E-state index in [0.29, 0.717) is 18.2 Å². The van der Waals surface area contributed by atoms with E-state index in [1.165, 1.54) is 64.5 Å². The van der Waals surface area contributed by atoms with Crippen molar-refractivity contribution < 1.29 is 9.53 Å². The molecule has 0 aromatic heterocycles. The summed E-state index contributed by atoms with van der Waals surface area (Å²) in [4.78, 5) is 14.0. The van der Waals surface area contributed by atoms with Crippen molar-refractivity contribution in [3.05, 3.63) is 12.2 Å². The molecule has 0 N–H and O–H groups in total. The summed E-state index contributed by atoms with van der Waals surface area (Å²) in [7, 11) is 0. The largest absolute Gasteiger partial charge is 0.462 e. The standard InChI is InChI=1S/C19H35NO2/c1-4-5-6-7-8-12-18(20-14-9-10-15-20)13-11-16-22-19(21)17(2)3/h18H,2,4-16H2,1,3H3. The van der Waals surface area contributed by atoms with Gasteiger partial charge >= 0.3 is 5.97 Å². The second-order valence-electron chi connectivity index (χ2n) is 6.66. The van der Waals surface area contributed by atoms with Gasteiger partial charge in [0, 0.05) is 11.6 Å². The maximum atomic E-state index is 11.4. The van der Waals surface area contributed by atoms with Crippen LogP contribution >= 0.6 is 0 Å². The molecule has 1 aliphatic rings. The van der Waals surface area contributed by atoms with Crippen molar-refractivity contribution in [3.63, 3.8) is 0 Å². The molecule has 0 aromatic carbocycles. The molecule has 1 unspecified atom stereocenters. The minimum atomic E-state index is -0.253. The molecule has 1 aliphatic heterocycles. The summed E-state index contributed by atoms with van der Waals surface area (Å²) in [5, 5.41) is 0. The van der Waals surface area contributed by atoms with Crippen molar-refractivity contribution >= 4 is 5.97 Å². The molecule has 0 radical (unpaired) electrons. The Morgan fingerprint density at radius 3 is 2.36 bits per heavy atom. The SMILES string of the molecule is C=C(C)C(=O)OCCCC(CCCCCCC)N1CCCC1. The average Bonchev–Trinajstić information content (AvgIpc) is 3.02. The number of hydrogen-bond acceptors (Lipinski definition) is 3. The van der Waals surface area contributed by atoms with Gasteiger partial charge in [0.1, 0.15) is 0 Å². The van der Waals surface area contributed by atoms with Gasteiger partial charge in [-0.05, 0) is 52.1 Å². The quantitative estimate of drug-likeness (QED) is 0.297. The third kappa shape index (κ3) is 7.98. The van der Waals surface area contributed by atoms with Crippen LogP contribution in [0.2, 0.25) is 0 Å². The van der Waals surface area contributed by atoms with Crippen LogP contribution in [0.1, 0.15) is 78.1 Å². The third-order valence-electron chi connectivity index (χ3n) is 4.56. The molecule has 22 heavy (non-hydrogen) atoms. The lowest BCUT2D eigenvalue weighted by molar-refractivity contribution is -0.139. The Bertz CT molecular complexity index is 321. The van der Waals surface area contributed by atoms with Crippen LogP contribution < -0.4 is 0 Å². The Labute approximate surface area is 137 Å². The average molecular weight is 309 g/mol. The number of carbonyl (C=O) groups is 1. The molecular formula is C19H35NO2. The highest BCUT2D eigenvalue weighted by molar-refractivity contribution is 5.86. The van der Waals surface area contributed by atoms with E-state index >= 15 is 0 Å². The second-order valence-corrected chi connectivity index (χ2v) is 6.66. The molecule has 0 saturated carbocycles. The molecule has 0 amide bonds. The van der Waals surface area contributed by atoms with Gasteiger partial charge in [-0.3, -0.25) is 0 Å². The first-order valence-electron chi connectivity index (χ1n) is 9.21. The van der Waals surface area contributed by atoms with E-state index < -0.39 is 0 Å². The van der Waals surface area contributed by atoms with Crippen LogP contribution in [0.15, 0.2) is 12.2 Å². The molecule has 1 saturated heterocycles. The fraction of sp³-hybridized carbons (Fsp3) is 0.842. The summed E-state index contributed by atoms with van der Waals surface area (Å²) in [5.41, 5.74) is 0.493. The van der Waals surface area contributed by atoms with Gasteiger partial charge in [0.2, 0.25) is 0 Å². The fourth-order valence-electron chi connectivity index (χ4n) is 3.21. The first-order chi connectivity index (χ1) is 10.6. The Hall–Kier alpha value is -0.830. The zero-order valence-electron chi connectivity index (χ0n) is 14.7. The fourth-order valence-corrected chi connectivity index (χ4v) is 3.21. The summed E-state index contributed by atoms with van der Waals surface area (Å²) in [6.07, 6.45) is 12.9. The second kappa shape index (κ2) is 11.7. The highest BCUT2D eigenvalue weighted by atomic mass is 16.5. The Balaban J connectivity index is 2.23. The number of unbranched alkanes of at least 4 members (excludes halogenated alkanes) is 4. The molecule has 3 nitrogen and oxygen atoms in total. The Kier molecular flexibility index (Phi) is 10.2. The van der Waals surface area contributed by atoms with Crippen LogP contribution in [0.5, 0.6) is 0 Å². The van der Waals surface area contributed by atoms with E-state index in [-0.39, 0.29) is 5.97 Å². The minimum absolute atomic E-state index is 0.253. The van der Waals surface area contributed by atoms with E-state index in [1.807, 2.05) is 0 Å². The van der Waals surface area contributed by atoms with E-state index in [4.69, 9.17) is 4.74 Å². The molecular weight excluding hydrogens is 274 g/mol. The lowest BCUT2D eigenvalue weighted by atomic mass is 10.0. The van der Waals surface area contributed by atoms with E-state index in [2.05, 4.69) is 18.4 Å². The molecule has 1 rings (SSSR count). The Morgan fingerprint density at radius 1 is 1.09 bits per heavy atom. The van der Waals surface area contributed by atoms with Crippen LogP contribution in [0.4, 0.5) is 0 Å². The topological polar surface area (TPSA) is 29.5 Å². The molecule has 1 heterocycles. The summed E-state index contributed by atoms with van der Waals surface area (Å²) < 4.78 is 5.22. The van der Waals surface area contributed by atoms with Gasteiger partial charge in [-0.1, -0.05) is 45.6 Å². The van der Waals surface area contributed by atoms with Gasteiger partial charge in [0.15, 0.2) is 0 Å². The number of rotatable bonds is 12. The van der Waals surface area contributed by atoms with Crippen molar-refractivity contribution in [2.45, 2.75) is 84.1 Å². The van der Waals surface area contributed by atoms with Gasteiger partial charge in [-0.15, -0.1) is 0 Å². The first-order valence-corrected chi connectivity index (χ1v) is 9.21. The normalized spacial score (nSPS) is 16.6. The van der Waals surface area contributed by atoms with Gasteiger partial charge in [-0.2, -0.15) is 0 Å². The number of esters is 1. The zero-order chi connectivity index (χ0) is 16.2. The van der Waals surface area contributed by atoms with Gasteiger partial charge in [0.25, 0.3) is 0 Å². The molecule has 0 aromatic rings. The highest BCUT2D eigenvalue weighted by Gasteiger charge is 2.21. The molecule has 0 bridgehead atoms. The maximum Gasteiger partial charge on any atom is 0.333 e. The first kappa shape index (κ1) is 19.2. The zero-order valence-corrected chi connectivity index (χ0v) is 14.7. The molecule has 3 heteroatoms. The van der Waals surface area contributed by atoms with E-state index in [1.54, 1.807) is 6.92 Å². The van der Waals surface area contributed by atoms with Crippen molar-refractivity contribution in [1.29, 1.82) is 0 Å². The molecule has 1 atom stereocenters. The highest BCUT2D eigenvalue weighted by Crippen LogP contribution is 2.21. The summed E-state index contributed by atoms with van der Waals surface area (Å²) in [6, 6.07) is 0.688. The number of hydrogen-bond donors (Lipinski definition) is 0. The van der Waals surface area contributed by atoms with Crippen LogP contribution in [0.3, 0.4) is 0 Å². The van der Waals surface area contributed by atoms with Crippen LogP contribution in [0.25, 0.3) is 0 Å². The van der Waals surface area contributed by atoms with Crippen molar-refractivity contribution in [3.8, 4) is 0 Å². The number of carbonyl (C=O) groups excluding carboxylic acids is 1. The lowest BCUT2D eigenvalue weighted by Gasteiger charge is -2.27. The lowest BCUT2D eigenvalue weighted by Crippen LogP contribution is -2.33.